The van der Waals surface area contributed by atoms with E-state index in [1.165, 1.54) is 0 Å². The molecule has 0 bridgehead atoms. The Balaban J connectivity index is 1.12. The van der Waals surface area contributed by atoms with E-state index in [2.05, 4.69) is 35.5 Å². The molecule has 0 atom stereocenters. The van der Waals surface area contributed by atoms with Crippen LogP contribution in [0.25, 0.3) is 0 Å². The molecule has 6 rings (SSSR count). The molecule has 2 N–H and O–H groups in total. The molecule has 1 saturated carbocycles. The number of carbonyl (C=O) groups excluding carboxylic acids is 1. The minimum Gasteiger partial charge on any atom is -0.454 e. The molecular weight excluding hydrogens is 601 g/mol. The second-order valence-corrected chi connectivity index (χ2v) is 11.6. The number of aryl methyl sites for hydroxylation is 1. The number of anilines is 3. The summed E-state index contributed by atoms with van der Waals surface area (Å²) in [6, 6.07) is 14.2. The molecule has 15 heteroatoms. The fourth-order valence-corrected chi connectivity index (χ4v) is 5.40. The van der Waals surface area contributed by atoms with Gasteiger partial charge < -0.3 is 30.1 Å². The van der Waals surface area contributed by atoms with Gasteiger partial charge in [0.1, 0.15) is 0 Å². The zero-order chi connectivity index (χ0) is 32.3. The van der Waals surface area contributed by atoms with Crippen molar-refractivity contribution >= 4 is 29.5 Å². The maximum absolute atomic E-state index is 13.2. The summed E-state index contributed by atoms with van der Waals surface area (Å²) >= 11 is 0. The van der Waals surface area contributed by atoms with Gasteiger partial charge in [0.05, 0.1) is 5.54 Å². The van der Waals surface area contributed by atoms with E-state index in [0.29, 0.717) is 43.4 Å². The maximum atomic E-state index is 13.2. The molecule has 1 aliphatic carbocycles. The summed E-state index contributed by atoms with van der Waals surface area (Å²) in [6.45, 7) is 4.31. The topological polar surface area (TPSA) is 135 Å². The lowest BCUT2D eigenvalue weighted by atomic mass is 10.0. The van der Waals surface area contributed by atoms with Crippen molar-refractivity contribution in [3.05, 3.63) is 65.2 Å². The first-order valence-corrected chi connectivity index (χ1v) is 15.0. The van der Waals surface area contributed by atoms with Gasteiger partial charge in [0, 0.05) is 50.5 Å². The number of hydrogen-bond acceptors (Lipinski definition) is 9. The van der Waals surface area contributed by atoms with Gasteiger partial charge in [-0.2, -0.15) is 33.4 Å². The molecule has 2 aliphatic heterocycles. The average molecular weight is 635 g/mol. The Morgan fingerprint density at radius 1 is 0.935 bits per heavy atom. The van der Waals surface area contributed by atoms with E-state index in [0.717, 1.165) is 43.5 Å². The number of nitrogens with zero attached hydrogens (tertiary/aromatic N) is 8. The molecule has 240 valence electrons. The number of nitriles is 1. The average Bonchev–Trinajstić information content (AvgIpc) is 3.79. The Kier molecular flexibility index (Phi) is 8.53. The lowest BCUT2D eigenvalue weighted by Gasteiger charge is -2.42. The van der Waals surface area contributed by atoms with Crippen LogP contribution in [0.15, 0.2) is 53.5 Å². The van der Waals surface area contributed by atoms with Crippen LogP contribution in [-0.2, 0) is 5.54 Å². The van der Waals surface area contributed by atoms with Gasteiger partial charge in [-0.25, -0.2) is 0 Å². The highest BCUT2D eigenvalue weighted by Crippen LogP contribution is 2.48. The van der Waals surface area contributed by atoms with Crippen LogP contribution in [0.2, 0.25) is 0 Å². The third-order valence-corrected chi connectivity index (χ3v) is 8.21. The number of aromatic nitrogens is 3. The fourth-order valence-electron chi connectivity index (χ4n) is 5.40. The highest BCUT2D eigenvalue weighted by Gasteiger charge is 2.45. The Bertz CT molecular complexity index is 1620. The van der Waals surface area contributed by atoms with E-state index in [1.54, 1.807) is 29.2 Å². The van der Waals surface area contributed by atoms with E-state index in [1.807, 2.05) is 42.3 Å². The van der Waals surface area contributed by atoms with Gasteiger partial charge >= 0.3 is 12.2 Å². The number of rotatable bonds is 8. The summed E-state index contributed by atoms with van der Waals surface area (Å²) in [6.07, 6.45) is 0.00304. The summed E-state index contributed by atoms with van der Waals surface area (Å²) in [5.41, 5.74) is 2.71. The summed E-state index contributed by atoms with van der Waals surface area (Å²) in [7, 11) is 0. The quantitative estimate of drug-likeness (QED) is 0.210. The van der Waals surface area contributed by atoms with Gasteiger partial charge in [-0.1, -0.05) is 29.8 Å². The van der Waals surface area contributed by atoms with Gasteiger partial charge in [-0.3, -0.25) is 4.79 Å². The second kappa shape index (κ2) is 12.7. The molecule has 3 heterocycles. The Hall–Kier alpha value is -5.13. The van der Waals surface area contributed by atoms with E-state index >= 15 is 0 Å². The summed E-state index contributed by atoms with van der Waals surface area (Å²) < 4.78 is 43.6. The second-order valence-electron chi connectivity index (χ2n) is 11.6. The summed E-state index contributed by atoms with van der Waals surface area (Å²) in [4.78, 5) is 35.7. The number of aliphatic imine (C=N–C) groups is 1. The van der Waals surface area contributed by atoms with Crippen molar-refractivity contribution in [3.63, 3.8) is 0 Å². The number of halogens is 3. The fraction of sp³-hybridized carbons (Fsp3) is 0.419. The molecule has 2 aromatic carbocycles. The monoisotopic (exact) mass is 634 g/mol. The SMILES string of the molecule is Cc1ccc(C2(Nc3nc(Nc4ccc(C(=O)N5CCN(C(=NC#N)N6CCC6)CC5)cc4)nc(OCC(F)(F)F)n3)CC2)cc1. The molecule has 1 aromatic heterocycles. The lowest BCUT2D eigenvalue weighted by Crippen LogP contribution is -2.57. The van der Waals surface area contributed by atoms with Gasteiger partial charge in [-0.15, -0.1) is 4.99 Å². The molecular formula is C31H33F3N10O2. The third-order valence-electron chi connectivity index (χ3n) is 8.21. The van der Waals surface area contributed by atoms with Crippen molar-refractivity contribution in [2.45, 2.75) is 37.9 Å². The summed E-state index contributed by atoms with van der Waals surface area (Å²) in [5, 5.41) is 15.4. The maximum Gasteiger partial charge on any atom is 0.422 e. The van der Waals surface area contributed by atoms with Crippen molar-refractivity contribution in [2.75, 3.05) is 56.5 Å². The van der Waals surface area contributed by atoms with Crippen LogP contribution in [0, 0.1) is 18.4 Å². The lowest BCUT2D eigenvalue weighted by molar-refractivity contribution is -0.154. The molecule has 3 aliphatic rings. The van der Waals surface area contributed by atoms with Crippen LogP contribution in [0.4, 0.5) is 30.8 Å². The summed E-state index contributed by atoms with van der Waals surface area (Å²) in [5.74, 6) is 0.606. The highest BCUT2D eigenvalue weighted by molar-refractivity contribution is 5.95. The largest absolute Gasteiger partial charge is 0.454 e. The number of piperazine rings is 1. The number of nitrogens with one attached hydrogen (secondary N) is 2. The van der Waals surface area contributed by atoms with Crippen molar-refractivity contribution in [2.24, 2.45) is 4.99 Å². The molecule has 46 heavy (non-hydrogen) atoms. The van der Waals surface area contributed by atoms with E-state index in [-0.39, 0.29) is 17.8 Å². The Morgan fingerprint density at radius 2 is 1.57 bits per heavy atom. The Labute approximate surface area is 263 Å². The van der Waals surface area contributed by atoms with E-state index < -0.39 is 24.3 Å². The van der Waals surface area contributed by atoms with Gasteiger partial charge in [0.25, 0.3) is 5.91 Å². The number of ether oxygens (including phenoxy) is 1. The number of likely N-dealkylation sites (tertiary alicyclic amines) is 1. The third kappa shape index (κ3) is 7.22. The zero-order valence-electron chi connectivity index (χ0n) is 25.2. The molecule has 0 radical (unpaired) electrons. The highest BCUT2D eigenvalue weighted by atomic mass is 19.4. The van der Waals surface area contributed by atoms with Gasteiger partial charge in [-0.05, 0) is 56.0 Å². The standard InChI is InChI=1S/C31H33F3N10O2/c1-21-3-7-23(8-4-21)30(11-12-30)41-27-38-26(39-28(40-27)46-19-31(32,33)34)37-24-9-5-22(6-10-24)25(45)42-15-17-44(18-16-42)29(36-20-35)43-13-2-14-43/h3-10H,2,11-19H2,1H3,(H2,37,38,39,40,41). The van der Waals surface area contributed by atoms with Crippen LogP contribution < -0.4 is 15.4 Å². The predicted octanol–water partition coefficient (Wildman–Crippen LogP) is 4.27. The van der Waals surface area contributed by atoms with Crippen LogP contribution in [0.3, 0.4) is 0 Å². The normalized spacial score (nSPS) is 17.5. The first-order chi connectivity index (χ1) is 22.1. The number of alkyl halides is 3. The number of amides is 1. The van der Waals surface area contributed by atoms with E-state index in [9.17, 15) is 18.0 Å². The minimum absolute atomic E-state index is 0.0124. The van der Waals surface area contributed by atoms with Crippen molar-refractivity contribution in [1.82, 2.24) is 29.7 Å². The molecule has 0 spiro atoms. The van der Waals surface area contributed by atoms with Crippen molar-refractivity contribution in [1.29, 1.82) is 5.26 Å². The first-order valence-electron chi connectivity index (χ1n) is 15.0. The van der Waals surface area contributed by atoms with Crippen LogP contribution in [0.1, 0.15) is 40.7 Å². The number of carbonyl (C=O) groups is 1. The zero-order valence-corrected chi connectivity index (χ0v) is 25.2. The number of hydrogen-bond donors (Lipinski definition) is 2. The van der Waals surface area contributed by atoms with Crippen molar-refractivity contribution < 1.29 is 22.7 Å². The van der Waals surface area contributed by atoms with Crippen molar-refractivity contribution in [3.8, 4) is 12.2 Å². The van der Waals surface area contributed by atoms with Gasteiger partial charge in [0.15, 0.2) is 6.61 Å². The predicted molar refractivity (Wildman–Crippen MR) is 164 cm³/mol. The molecule has 1 amide bonds. The van der Waals surface area contributed by atoms with Gasteiger partial charge in [0.2, 0.25) is 24.0 Å². The molecule has 3 aromatic rings. The van der Waals surface area contributed by atoms with Crippen LogP contribution in [0.5, 0.6) is 6.01 Å². The smallest absolute Gasteiger partial charge is 0.422 e. The van der Waals surface area contributed by atoms with Crippen LogP contribution in [-0.4, -0.2) is 93.6 Å². The number of guanidine groups is 1. The molecule has 0 unspecified atom stereocenters. The molecule has 12 nitrogen and oxygen atoms in total. The Morgan fingerprint density at radius 3 is 2.15 bits per heavy atom. The molecule has 2 saturated heterocycles. The van der Waals surface area contributed by atoms with Crippen LogP contribution >= 0.6 is 0 Å². The number of benzene rings is 2. The first kappa shape index (κ1) is 30.9. The molecule has 3 fully saturated rings. The van der Waals surface area contributed by atoms with E-state index in [4.69, 9.17) is 10.00 Å². The minimum atomic E-state index is -4.57.